The largest absolute Gasteiger partial charge is 0.490 e. The first-order chi connectivity index (χ1) is 16.6. The zero-order valence-electron chi connectivity index (χ0n) is 19.2. The van der Waals surface area contributed by atoms with Gasteiger partial charge in [0.1, 0.15) is 0 Å². The summed E-state index contributed by atoms with van der Waals surface area (Å²) in [6.07, 6.45) is -1.83. The Morgan fingerprint density at radius 3 is 2.17 bits per heavy atom. The summed E-state index contributed by atoms with van der Waals surface area (Å²) in [5, 5.41) is 16.4. The second kappa shape index (κ2) is 11.4. The van der Waals surface area contributed by atoms with Crippen molar-refractivity contribution < 1.29 is 46.2 Å². The summed E-state index contributed by atoms with van der Waals surface area (Å²) in [6.45, 7) is 4.93. The van der Waals surface area contributed by atoms with Crippen LogP contribution in [0.3, 0.4) is 0 Å². The molecule has 14 heteroatoms. The first kappa shape index (κ1) is 28.6. The second-order valence-corrected chi connectivity index (χ2v) is 9.77. The Hall–Kier alpha value is -3.68. The number of carbonyl (C=O) groups is 3. The van der Waals surface area contributed by atoms with E-state index >= 15 is 0 Å². The molecule has 10 nitrogen and oxygen atoms in total. The van der Waals surface area contributed by atoms with Crippen molar-refractivity contribution in [2.45, 2.75) is 37.8 Å². The standard InChI is InChI=1S/C20H23N3O5S.C2HF3O2/c1-13-4-3-9-23(12-13)19-18(10-16(11-21-19)20(25)26)22-29(27,28)17-7-5-15(6-8-17)14(2)24;3-2(4,5)1(6)7/h5-8,10-11,13,22H,3-4,9,12H2,1-2H3,(H,25,26);(H,6,7). The Bertz CT molecular complexity index is 1230. The van der Waals surface area contributed by atoms with E-state index in [1.165, 1.54) is 43.5 Å². The molecule has 1 aliphatic rings. The highest BCUT2D eigenvalue weighted by molar-refractivity contribution is 7.92. The van der Waals surface area contributed by atoms with Gasteiger partial charge in [-0.3, -0.25) is 9.52 Å². The van der Waals surface area contributed by atoms with Crippen LogP contribution in [0, 0.1) is 5.92 Å². The van der Waals surface area contributed by atoms with Crippen LogP contribution >= 0.6 is 0 Å². The fourth-order valence-electron chi connectivity index (χ4n) is 3.36. The van der Waals surface area contributed by atoms with Crippen LogP contribution < -0.4 is 9.62 Å². The summed E-state index contributed by atoms with van der Waals surface area (Å²) in [4.78, 5) is 37.9. The Labute approximate surface area is 204 Å². The number of benzene rings is 1. The molecule has 0 aliphatic carbocycles. The van der Waals surface area contributed by atoms with Gasteiger partial charge in [-0.2, -0.15) is 13.2 Å². The maximum absolute atomic E-state index is 12.9. The van der Waals surface area contributed by atoms with Crippen molar-refractivity contribution in [3.63, 3.8) is 0 Å². The van der Waals surface area contributed by atoms with Crippen LogP contribution in [0.1, 0.15) is 47.4 Å². The number of pyridine rings is 1. The van der Waals surface area contributed by atoms with E-state index in [1.807, 2.05) is 4.90 Å². The number of piperidine rings is 1. The molecule has 2 aromatic rings. The van der Waals surface area contributed by atoms with Gasteiger partial charge in [-0.25, -0.2) is 23.0 Å². The maximum atomic E-state index is 12.9. The monoisotopic (exact) mass is 531 g/mol. The molecule has 0 spiro atoms. The van der Waals surface area contributed by atoms with Crippen LogP contribution in [-0.4, -0.2) is 60.6 Å². The molecule has 36 heavy (non-hydrogen) atoms. The maximum Gasteiger partial charge on any atom is 0.490 e. The molecule has 3 rings (SSSR count). The summed E-state index contributed by atoms with van der Waals surface area (Å²) in [7, 11) is -3.99. The van der Waals surface area contributed by atoms with E-state index in [0.717, 1.165) is 12.8 Å². The predicted molar refractivity (Wildman–Crippen MR) is 123 cm³/mol. The van der Waals surface area contributed by atoms with Crippen molar-refractivity contribution in [2.24, 2.45) is 5.92 Å². The topological polar surface area (TPSA) is 154 Å². The van der Waals surface area contributed by atoms with Gasteiger partial charge < -0.3 is 15.1 Å². The van der Waals surface area contributed by atoms with Crippen molar-refractivity contribution in [1.29, 1.82) is 0 Å². The molecule has 0 bridgehead atoms. The molecular formula is C22H24F3N3O7S. The van der Waals surface area contributed by atoms with Gasteiger partial charge in [-0.1, -0.05) is 19.1 Å². The summed E-state index contributed by atoms with van der Waals surface area (Å²) in [6, 6.07) is 6.85. The Morgan fingerprint density at radius 2 is 1.69 bits per heavy atom. The molecule has 3 N–H and O–H groups in total. The van der Waals surface area contributed by atoms with Crippen LogP contribution in [0.15, 0.2) is 41.4 Å². The molecule has 1 atom stereocenters. The predicted octanol–water partition coefficient (Wildman–Crippen LogP) is 3.65. The molecule has 1 fully saturated rings. The van der Waals surface area contributed by atoms with E-state index in [0.29, 0.717) is 30.4 Å². The molecular weight excluding hydrogens is 507 g/mol. The second-order valence-electron chi connectivity index (χ2n) is 8.08. The van der Waals surface area contributed by atoms with Crippen LogP contribution in [0.25, 0.3) is 0 Å². The molecule has 1 unspecified atom stereocenters. The van der Waals surface area contributed by atoms with Gasteiger partial charge in [-0.15, -0.1) is 0 Å². The number of Topliss-reactive ketones (excluding diaryl/α,β-unsaturated/α-hetero) is 1. The number of carboxylic acid groups (broad SMARTS) is 2. The number of nitrogens with zero attached hydrogens (tertiary/aromatic N) is 2. The molecule has 0 saturated carbocycles. The van der Waals surface area contributed by atoms with E-state index < -0.39 is 28.1 Å². The summed E-state index contributed by atoms with van der Waals surface area (Å²) >= 11 is 0. The average molecular weight is 532 g/mol. The fraction of sp³-hybridized carbons (Fsp3) is 0.364. The number of rotatable bonds is 6. The number of hydrogen-bond donors (Lipinski definition) is 3. The average Bonchev–Trinajstić information content (AvgIpc) is 2.78. The summed E-state index contributed by atoms with van der Waals surface area (Å²) < 4.78 is 60.0. The van der Waals surface area contributed by atoms with Crippen LogP contribution in [0.2, 0.25) is 0 Å². The first-order valence-electron chi connectivity index (χ1n) is 10.5. The molecule has 1 aliphatic heterocycles. The van der Waals surface area contributed by atoms with Crippen molar-refractivity contribution in [1.82, 2.24) is 4.98 Å². The lowest BCUT2D eigenvalue weighted by molar-refractivity contribution is -0.192. The minimum absolute atomic E-state index is 0.0267. The Morgan fingerprint density at radius 1 is 1.11 bits per heavy atom. The van der Waals surface area contributed by atoms with E-state index in [4.69, 9.17) is 9.90 Å². The first-order valence-corrected chi connectivity index (χ1v) is 12.0. The van der Waals surface area contributed by atoms with Gasteiger partial charge in [0, 0.05) is 24.8 Å². The zero-order valence-corrected chi connectivity index (χ0v) is 20.1. The van der Waals surface area contributed by atoms with Gasteiger partial charge in [0.05, 0.1) is 16.1 Å². The summed E-state index contributed by atoms with van der Waals surface area (Å²) in [5.41, 5.74) is 0.416. The highest BCUT2D eigenvalue weighted by atomic mass is 32.2. The molecule has 0 amide bonds. The molecule has 196 valence electrons. The molecule has 0 radical (unpaired) electrons. The van der Waals surface area contributed by atoms with Crippen molar-refractivity contribution in [3.8, 4) is 0 Å². The Balaban J connectivity index is 0.000000572. The minimum atomic E-state index is -5.08. The molecule has 1 saturated heterocycles. The molecule has 1 aromatic carbocycles. The van der Waals surface area contributed by atoms with Gasteiger partial charge in [0.25, 0.3) is 10.0 Å². The number of alkyl halides is 3. The number of carbonyl (C=O) groups excluding carboxylic acids is 1. The van der Waals surface area contributed by atoms with Crippen LogP contribution in [-0.2, 0) is 14.8 Å². The Kier molecular flexibility index (Phi) is 9.02. The SMILES string of the molecule is CC(=O)c1ccc(S(=O)(=O)Nc2cc(C(=O)O)cnc2N2CCCC(C)C2)cc1.O=C(O)C(F)(F)F. The van der Waals surface area contributed by atoms with Gasteiger partial charge in [-0.05, 0) is 43.9 Å². The highest BCUT2D eigenvalue weighted by Gasteiger charge is 2.38. The molecule has 2 heterocycles. The third kappa shape index (κ3) is 7.66. The van der Waals surface area contributed by atoms with Gasteiger partial charge in [0.15, 0.2) is 11.6 Å². The number of carboxylic acids is 2. The normalized spacial score (nSPS) is 15.9. The zero-order chi connectivity index (χ0) is 27.3. The third-order valence-electron chi connectivity index (χ3n) is 5.13. The van der Waals surface area contributed by atoms with E-state index in [-0.39, 0.29) is 21.9 Å². The molecule has 1 aromatic heterocycles. The van der Waals surface area contributed by atoms with Crippen LogP contribution in [0.5, 0.6) is 0 Å². The van der Waals surface area contributed by atoms with Crippen molar-refractivity contribution in [3.05, 3.63) is 47.7 Å². The number of nitrogens with one attached hydrogen (secondary N) is 1. The van der Waals surface area contributed by atoms with Crippen molar-refractivity contribution in [2.75, 3.05) is 22.7 Å². The van der Waals surface area contributed by atoms with Gasteiger partial charge >= 0.3 is 18.1 Å². The van der Waals surface area contributed by atoms with Crippen LogP contribution in [0.4, 0.5) is 24.7 Å². The minimum Gasteiger partial charge on any atom is -0.478 e. The van der Waals surface area contributed by atoms with E-state index in [2.05, 4.69) is 16.6 Å². The lowest BCUT2D eigenvalue weighted by atomic mass is 10.0. The lowest BCUT2D eigenvalue weighted by Gasteiger charge is -2.33. The number of aromatic nitrogens is 1. The number of sulfonamides is 1. The number of aliphatic carboxylic acids is 1. The number of hydrogen-bond acceptors (Lipinski definition) is 7. The van der Waals surface area contributed by atoms with E-state index in [9.17, 15) is 36.3 Å². The van der Waals surface area contributed by atoms with E-state index in [1.54, 1.807) is 0 Å². The lowest BCUT2D eigenvalue weighted by Crippen LogP contribution is -2.35. The number of ketones is 1. The quantitative estimate of drug-likeness (QED) is 0.474. The highest BCUT2D eigenvalue weighted by Crippen LogP contribution is 2.30. The fourth-order valence-corrected chi connectivity index (χ4v) is 4.41. The van der Waals surface area contributed by atoms with Crippen molar-refractivity contribution >= 4 is 39.3 Å². The van der Waals surface area contributed by atoms with Gasteiger partial charge in [0.2, 0.25) is 0 Å². The third-order valence-corrected chi connectivity index (χ3v) is 6.51. The summed E-state index contributed by atoms with van der Waals surface area (Å²) in [5.74, 6) is -3.28. The smallest absolute Gasteiger partial charge is 0.478 e. The number of halogens is 3. The number of aromatic carboxylic acids is 1. The number of anilines is 2.